The Kier molecular flexibility index (Phi) is 6.38. The number of fused-ring (bicyclic) bond motifs is 1. The minimum atomic E-state index is -0.398. The molecule has 1 N–H and O–H groups in total. The lowest BCUT2D eigenvalue weighted by Crippen LogP contribution is -2.51. The van der Waals surface area contributed by atoms with Crippen LogP contribution >= 0.6 is 11.6 Å². The van der Waals surface area contributed by atoms with Gasteiger partial charge in [-0.05, 0) is 67.6 Å². The van der Waals surface area contributed by atoms with Crippen LogP contribution in [0, 0.1) is 18.7 Å². The number of carbonyl (C=O) groups is 1. The number of likely N-dealkylation sites (tertiary alicyclic amines) is 1. The van der Waals surface area contributed by atoms with E-state index in [1.54, 1.807) is 43.6 Å². The molecule has 1 aliphatic heterocycles. The largest absolute Gasteiger partial charge is 0.424 e. The second kappa shape index (κ2) is 9.62. The van der Waals surface area contributed by atoms with E-state index >= 15 is 0 Å². The molecule has 2 atom stereocenters. The molecule has 35 heavy (non-hydrogen) atoms. The highest BCUT2D eigenvalue weighted by molar-refractivity contribution is 6.31. The maximum atomic E-state index is 14.5. The van der Waals surface area contributed by atoms with Gasteiger partial charge in [0.05, 0.1) is 11.6 Å². The lowest BCUT2D eigenvalue weighted by Gasteiger charge is -2.40. The van der Waals surface area contributed by atoms with Crippen molar-refractivity contribution in [1.82, 2.24) is 19.9 Å². The Morgan fingerprint density at radius 1 is 1.26 bits per heavy atom. The number of halogens is 2. The molecule has 0 radical (unpaired) electrons. The fourth-order valence-electron chi connectivity index (χ4n) is 4.72. The Morgan fingerprint density at radius 3 is 2.86 bits per heavy atom. The minimum absolute atomic E-state index is 0.107. The topological polar surface area (TPSA) is 84.2 Å². The average molecular weight is 494 g/mol. The molecule has 180 valence electrons. The molecule has 2 aromatic carbocycles. The van der Waals surface area contributed by atoms with E-state index in [2.05, 4.69) is 27.2 Å². The van der Waals surface area contributed by atoms with E-state index in [1.807, 2.05) is 4.90 Å². The lowest BCUT2D eigenvalue weighted by molar-refractivity contribution is 0.0540. The highest BCUT2D eigenvalue weighted by atomic mass is 35.5. The first-order chi connectivity index (χ1) is 16.9. The summed E-state index contributed by atoms with van der Waals surface area (Å²) in [7, 11) is 0. The lowest BCUT2D eigenvalue weighted by atomic mass is 9.89. The van der Waals surface area contributed by atoms with Gasteiger partial charge in [0.15, 0.2) is 11.4 Å². The molecule has 0 unspecified atom stereocenters. The first-order valence-corrected chi connectivity index (χ1v) is 12.0. The monoisotopic (exact) mass is 493 g/mol. The number of carbonyl (C=O) groups excluding carboxylic acids is 1. The number of hydrogen-bond donors (Lipinski definition) is 1. The first-order valence-electron chi connectivity index (χ1n) is 11.6. The van der Waals surface area contributed by atoms with Crippen LogP contribution in [0.5, 0.6) is 0 Å². The van der Waals surface area contributed by atoms with Crippen molar-refractivity contribution < 1.29 is 13.6 Å². The number of hydrogen-bond acceptors (Lipinski definition) is 6. The summed E-state index contributed by atoms with van der Waals surface area (Å²) >= 11 is 6.06. The van der Waals surface area contributed by atoms with Crippen molar-refractivity contribution in [1.29, 1.82) is 0 Å². The molecule has 1 aliphatic rings. The molecule has 2 aromatic heterocycles. The van der Waals surface area contributed by atoms with Gasteiger partial charge in [0, 0.05) is 36.1 Å². The van der Waals surface area contributed by atoms with E-state index in [0.717, 1.165) is 12.8 Å². The Labute approximate surface area is 207 Å². The number of aromatic nitrogens is 3. The number of rotatable bonds is 5. The minimum Gasteiger partial charge on any atom is -0.424 e. The van der Waals surface area contributed by atoms with Gasteiger partial charge in [-0.3, -0.25) is 4.79 Å². The Balaban J connectivity index is 1.44. The van der Waals surface area contributed by atoms with Gasteiger partial charge in [-0.1, -0.05) is 18.5 Å². The third-order valence-electron chi connectivity index (χ3n) is 6.61. The predicted molar refractivity (Wildman–Crippen MR) is 133 cm³/mol. The maximum Gasteiger partial charge on any atom is 0.295 e. The number of anilines is 1. The van der Waals surface area contributed by atoms with Crippen LogP contribution in [0.15, 0.2) is 53.2 Å². The van der Waals surface area contributed by atoms with Crippen molar-refractivity contribution >= 4 is 34.6 Å². The van der Waals surface area contributed by atoms with Gasteiger partial charge in [0.1, 0.15) is 11.3 Å². The van der Waals surface area contributed by atoms with E-state index in [1.165, 1.54) is 12.1 Å². The Morgan fingerprint density at radius 2 is 2.06 bits per heavy atom. The van der Waals surface area contributed by atoms with Crippen molar-refractivity contribution in [3.8, 4) is 11.4 Å². The van der Waals surface area contributed by atoms with E-state index < -0.39 is 5.82 Å². The summed E-state index contributed by atoms with van der Waals surface area (Å²) in [5.41, 5.74) is 2.48. The van der Waals surface area contributed by atoms with E-state index in [0.29, 0.717) is 57.7 Å². The molecular weight excluding hydrogens is 469 g/mol. The van der Waals surface area contributed by atoms with Crippen LogP contribution in [-0.4, -0.2) is 44.9 Å². The van der Waals surface area contributed by atoms with Crippen LogP contribution in [0.3, 0.4) is 0 Å². The highest BCUT2D eigenvalue weighted by Crippen LogP contribution is 2.31. The number of benzene rings is 2. The van der Waals surface area contributed by atoms with Crippen molar-refractivity contribution in [3.05, 3.63) is 70.8 Å². The van der Waals surface area contributed by atoms with Crippen LogP contribution in [0.25, 0.3) is 22.5 Å². The fourth-order valence-corrected chi connectivity index (χ4v) is 4.88. The molecule has 3 heterocycles. The molecule has 0 spiro atoms. The molecule has 7 nitrogen and oxygen atoms in total. The molecule has 1 amide bonds. The van der Waals surface area contributed by atoms with Gasteiger partial charge in [0.25, 0.3) is 11.9 Å². The number of nitrogens with one attached hydrogen (secondary N) is 1. The third-order valence-corrected chi connectivity index (χ3v) is 6.84. The summed E-state index contributed by atoms with van der Waals surface area (Å²) in [6.45, 7) is 4.85. The van der Waals surface area contributed by atoms with E-state index in [4.69, 9.17) is 16.0 Å². The summed E-state index contributed by atoms with van der Waals surface area (Å²) in [6.07, 6.45) is 5.06. The average Bonchev–Trinajstić information content (AvgIpc) is 3.26. The number of amides is 1. The number of piperidine rings is 1. The molecule has 9 heteroatoms. The van der Waals surface area contributed by atoms with Crippen LogP contribution < -0.4 is 5.32 Å². The van der Waals surface area contributed by atoms with Crippen LogP contribution in [0.2, 0.25) is 5.02 Å². The Bertz CT molecular complexity index is 1380. The van der Waals surface area contributed by atoms with Gasteiger partial charge in [-0.25, -0.2) is 14.4 Å². The molecular formula is C26H25ClFN5O2. The third kappa shape index (κ3) is 4.58. The quantitative estimate of drug-likeness (QED) is 0.381. The first kappa shape index (κ1) is 23.2. The molecule has 0 bridgehead atoms. The van der Waals surface area contributed by atoms with Gasteiger partial charge >= 0.3 is 0 Å². The van der Waals surface area contributed by atoms with E-state index in [9.17, 15) is 9.18 Å². The zero-order valence-electron chi connectivity index (χ0n) is 19.5. The van der Waals surface area contributed by atoms with Crippen LogP contribution in [0.4, 0.5) is 10.4 Å². The second-order valence-electron chi connectivity index (χ2n) is 8.86. The summed E-state index contributed by atoms with van der Waals surface area (Å²) in [5.74, 6) is 0.0123. The molecule has 0 saturated carbocycles. The van der Waals surface area contributed by atoms with Gasteiger partial charge in [-0.2, -0.15) is 4.98 Å². The van der Waals surface area contributed by atoms with Crippen molar-refractivity contribution in [2.75, 3.05) is 18.4 Å². The molecule has 1 saturated heterocycles. The summed E-state index contributed by atoms with van der Waals surface area (Å²) < 4.78 is 20.3. The summed E-state index contributed by atoms with van der Waals surface area (Å²) in [6, 6.07) is 10.1. The van der Waals surface area contributed by atoms with Crippen molar-refractivity contribution in [2.45, 2.75) is 32.7 Å². The summed E-state index contributed by atoms with van der Waals surface area (Å²) in [5, 5.41) is 3.84. The summed E-state index contributed by atoms with van der Waals surface area (Å²) in [4.78, 5) is 28.8. The predicted octanol–water partition coefficient (Wildman–Crippen LogP) is 5.74. The zero-order valence-corrected chi connectivity index (χ0v) is 20.2. The molecule has 5 rings (SSSR count). The van der Waals surface area contributed by atoms with Gasteiger partial charge in [0.2, 0.25) is 0 Å². The van der Waals surface area contributed by atoms with Crippen molar-refractivity contribution in [2.24, 2.45) is 5.92 Å². The normalized spacial score (nSPS) is 18.1. The smallest absolute Gasteiger partial charge is 0.295 e. The van der Waals surface area contributed by atoms with Crippen LogP contribution in [0.1, 0.15) is 35.7 Å². The fraction of sp³-hybridized carbons (Fsp3) is 0.308. The second-order valence-corrected chi connectivity index (χ2v) is 9.30. The SMILES string of the molecule is Cc1c(F)ccc(C(=O)N2CCC[C@@H](C)[C@H]2CNc2nc3cc(Cl)ccc3o2)c1-c1ncccn1. The highest BCUT2D eigenvalue weighted by Gasteiger charge is 2.34. The number of nitrogens with zero attached hydrogens (tertiary/aromatic N) is 4. The molecule has 1 fully saturated rings. The zero-order chi connectivity index (χ0) is 24.5. The molecule has 4 aromatic rings. The Hall–Kier alpha value is -3.52. The van der Waals surface area contributed by atoms with E-state index in [-0.39, 0.29) is 17.9 Å². The van der Waals surface area contributed by atoms with Crippen LogP contribution in [-0.2, 0) is 0 Å². The molecule has 0 aliphatic carbocycles. The standard InChI is InChI=1S/C26H25ClFN5O2/c1-15-5-3-12-33(21(15)14-31-26-32-20-13-17(27)6-9-22(20)35-26)25(34)18-7-8-19(28)16(2)23(18)24-29-10-4-11-30-24/h4,6-11,13,15,21H,3,5,12,14H2,1-2H3,(H,31,32)/t15-,21-/m1/s1. The van der Waals surface area contributed by atoms with Gasteiger partial charge < -0.3 is 14.6 Å². The number of oxazole rings is 1. The maximum absolute atomic E-state index is 14.5. The van der Waals surface area contributed by atoms with Crippen molar-refractivity contribution in [3.63, 3.8) is 0 Å². The van der Waals surface area contributed by atoms with Gasteiger partial charge in [-0.15, -0.1) is 0 Å².